The van der Waals surface area contributed by atoms with Gasteiger partial charge in [0.05, 0.1) is 19.3 Å². The highest BCUT2D eigenvalue weighted by molar-refractivity contribution is 7.90. The molecule has 1 saturated carbocycles. The molecule has 2 aliphatic rings. The first-order valence-corrected chi connectivity index (χ1v) is 12.7. The summed E-state index contributed by atoms with van der Waals surface area (Å²) in [5, 5.41) is -0.253. The van der Waals surface area contributed by atoms with Crippen molar-refractivity contribution in [3.8, 4) is 11.6 Å². The Kier molecular flexibility index (Phi) is 6.17. The summed E-state index contributed by atoms with van der Waals surface area (Å²) in [4.78, 5) is 8.44. The Labute approximate surface area is 189 Å². The normalized spacial score (nSPS) is 26.7. The molecule has 2 heterocycles. The molecule has 0 unspecified atom stereocenters. The highest BCUT2D eigenvalue weighted by Crippen LogP contribution is 2.51. The summed E-state index contributed by atoms with van der Waals surface area (Å²) in [6.07, 6.45) is 4.27. The van der Waals surface area contributed by atoms with E-state index in [1.165, 1.54) is 0 Å². The maximum absolute atomic E-state index is 12.1. The van der Waals surface area contributed by atoms with Gasteiger partial charge < -0.3 is 18.9 Å². The molecule has 4 rings (SSSR count). The molecule has 2 aromatic rings. The van der Waals surface area contributed by atoms with Crippen molar-refractivity contribution < 1.29 is 27.4 Å². The van der Waals surface area contributed by atoms with Gasteiger partial charge in [0, 0.05) is 23.9 Å². The van der Waals surface area contributed by atoms with Crippen molar-refractivity contribution in [2.75, 3.05) is 13.4 Å². The minimum absolute atomic E-state index is 0.0241. The van der Waals surface area contributed by atoms with E-state index >= 15 is 0 Å². The zero-order chi connectivity index (χ0) is 23.1. The average Bonchev–Trinajstić information content (AvgIpc) is 3.24. The number of hydrogen-bond acceptors (Lipinski definition) is 8. The third kappa shape index (κ3) is 4.60. The van der Waals surface area contributed by atoms with Gasteiger partial charge in [0.15, 0.2) is 5.79 Å². The van der Waals surface area contributed by atoms with Crippen LogP contribution in [0.25, 0.3) is 0 Å². The molecule has 174 valence electrons. The lowest BCUT2D eigenvalue weighted by Gasteiger charge is -2.24. The summed E-state index contributed by atoms with van der Waals surface area (Å²) in [5.41, 5.74) is 1.66. The minimum Gasteiger partial charge on any atom is -0.497 e. The molecule has 1 aromatic heterocycles. The van der Waals surface area contributed by atoms with E-state index in [0.29, 0.717) is 5.92 Å². The number of ether oxygens (including phenoxy) is 4. The van der Waals surface area contributed by atoms with Gasteiger partial charge in [-0.15, -0.1) is 0 Å². The van der Waals surface area contributed by atoms with Crippen molar-refractivity contribution in [2.24, 2.45) is 5.92 Å². The fourth-order valence-electron chi connectivity index (χ4n) is 4.57. The Hall–Kier alpha value is -2.23. The van der Waals surface area contributed by atoms with Crippen LogP contribution in [0.4, 0.5) is 0 Å². The predicted molar refractivity (Wildman–Crippen MR) is 117 cm³/mol. The lowest BCUT2D eigenvalue weighted by molar-refractivity contribution is -0.158. The first kappa shape index (κ1) is 22.9. The van der Waals surface area contributed by atoms with Crippen LogP contribution in [0.2, 0.25) is 0 Å². The fourth-order valence-corrected chi connectivity index (χ4v) is 5.07. The van der Waals surface area contributed by atoms with Crippen LogP contribution >= 0.6 is 0 Å². The summed E-state index contributed by atoms with van der Waals surface area (Å²) in [5.74, 6) is 0.630. The van der Waals surface area contributed by atoms with Crippen molar-refractivity contribution in [3.05, 3.63) is 41.6 Å². The van der Waals surface area contributed by atoms with Gasteiger partial charge in [-0.05, 0) is 43.9 Å². The van der Waals surface area contributed by atoms with Crippen LogP contribution in [0.1, 0.15) is 50.7 Å². The second-order valence-electron chi connectivity index (χ2n) is 8.90. The highest BCUT2D eigenvalue weighted by Gasteiger charge is 2.54. The molecule has 0 spiro atoms. The van der Waals surface area contributed by atoms with E-state index in [-0.39, 0.29) is 35.8 Å². The largest absolute Gasteiger partial charge is 0.497 e. The van der Waals surface area contributed by atoms with E-state index in [4.69, 9.17) is 18.9 Å². The quantitative estimate of drug-likeness (QED) is 0.577. The highest BCUT2D eigenvalue weighted by atomic mass is 32.2. The fraction of sp³-hybridized carbons (Fsp3) is 0.565. The van der Waals surface area contributed by atoms with Gasteiger partial charge in [0.25, 0.3) is 0 Å². The zero-order valence-corrected chi connectivity index (χ0v) is 19.9. The van der Waals surface area contributed by atoms with Crippen molar-refractivity contribution in [1.29, 1.82) is 0 Å². The minimum atomic E-state index is -3.58. The van der Waals surface area contributed by atoms with E-state index in [9.17, 15) is 8.42 Å². The van der Waals surface area contributed by atoms with E-state index in [1.54, 1.807) is 13.3 Å². The summed E-state index contributed by atoms with van der Waals surface area (Å²) in [6.45, 7) is 6.21. The lowest BCUT2D eigenvalue weighted by Crippen LogP contribution is -2.25. The number of rotatable bonds is 7. The molecule has 0 radical (unpaired) electrons. The standard InChI is InChI=1S/C23H30N2O6S/c1-6-15-11-17(20-19(15)30-23(2,3)31-20)18-12-24-22(32(5,26)27)25-21(18)29-13-14-7-9-16(28-4)10-8-14/h7-10,12,15,17,19-20H,6,11,13H2,1-5H3/t15-,17-,19+,20-/m0/s1. The molecule has 0 N–H and O–H groups in total. The average molecular weight is 463 g/mol. The summed E-state index contributed by atoms with van der Waals surface area (Å²) >= 11 is 0. The Morgan fingerprint density at radius 3 is 2.47 bits per heavy atom. The summed E-state index contributed by atoms with van der Waals surface area (Å²) in [6, 6.07) is 7.49. The molecule has 0 bridgehead atoms. The first-order valence-electron chi connectivity index (χ1n) is 10.8. The number of methoxy groups -OCH3 is 1. The molecular weight excluding hydrogens is 432 g/mol. The van der Waals surface area contributed by atoms with Crippen LogP contribution in [0, 0.1) is 5.92 Å². The SMILES string of the molecule is CC[C@H]1C[C@@H](c2cnc(S(C)(=O)=O)nc2OCc2ccc(OC)cc2)[C@@H]2OC(C)(C)O[C@H]12. The van der Waals surface area contributed by atoms with Crippen LogP contribution < -0.4 is 9.47 Å². The van der Waals surface area contributed by atoms with Gasteiger partial charge >= 0.3 is 0 Å². The Morgan fingerprint density at radius 1 is 1.16 bits per heavy atom. The van der Waals surface area contributed by atoms with Crippen LogP contribution in [-0.4, -0.2) is 49.7 Å². The first-order chi connectivity index (χ1) is 15.1. The molecule has 8 nitrogen and oxygen atoms in total. The smallest absolute Gasteiger partial charge is 0.250 e. The number of aromatic nitrogens is 2. The van der Waals surface area contributed by atoms with Gasteiger partial charge in [-0.2, -0.15) is 4.98 Å². The van der Waals surface area contributed by atoms with Crippen molar-refractivity contribution in [1.82, 2.24) is 9.97 Å². The van der Waals surface area contributed by atoms with Crippen LogP contribution in [0.15, 0.2) is 35.6 Å². The molecule has 1 aliphatic carbocycles. The van der Waals surface area contributed by atoms with Crippen LogP contribution in [0.5, 0.6) is 11.6 Å². The molecule has 9 heteroatoms. The maximum atomic E-state index is 12.1. The summed E-state index contributed by atoms with van der Waals surface area (Å²) < 4.78 is 47.9. The number of hydrogen-bond donors (Lipinski definition) is 0. The molecule has 1 aliphatic heterocycles. The molecule has 1 aromatic carbocycles. The van der Waals surface area contributed by atoms with E-state index in [0.717, 1.165) is 36.0 Å². The summed E-state index contributed by atoms with van der Waals surface area (Å²) in [7, 11) is -1.97. The predicted octanol–water partition coefficient (Wildman–Crippen LogP) is 3.50. The maximum Gasteiger partial charge on any atom is 0.250 e. The van der Waals surface area contributed by atoms with Crippen LogP contribution in [-0.2, 0) is 25.9 Å². The molecule has 2 fully saturated rings. The van der Waals surface area contributed by atoms with Gasteiger partial charge in [-0.3, -0.25) is 0 Å². The molecule has 4 atom stereocenters. The van der Waals surface area contributed by atoms with Crippen molar-refractivity contribution >= 4 is 9.84 Å². The Balaban J connectivity index is 1.66. The molecule has 0 amide bonds. The number of nitrogens with zero attached hydrogens (tertiary/aromatic N) is 2. The lowest BCUT2D eigenvalue weighted by atomic mass is 9.96. The van der Waals surface area contributed by atoms with E-state index in [1.807, 2.05) is 38.1 Å². The zero-order valence-electron chi connectivity index (χ0n) is 19.1. The van der Waals surface area contributed by atoms with E-state index in [2.05, 4.69) is 16.9 Å². The van der Waals surface area contributed by atoms with Gasteiger partial charge in [0.2, 0.25) is 20.9 Å². The van der Waals surface area contributed by atoms with Crippen LogP contribution in [0.3, 0.4) is 0 Å². The van der Waals surface area contributed by atoms with Gasteiger partial charge in [-0.1, -0.05) is 25.5 Å². The topological polar surface area (TPSA) is 96.8 Å². The number of fused-ring (bicyclic) bond motifs is 1. The third-order valence-corrected chi connectivity index (χ3v) is 6.99. The molecular formula is C23H30N2O6S. The monoisotopic (exact) mass is 462 g/mol. The van der Waals surface area contributed by atoms with Crippen molar-refractivity contribution in [3.63, 3.8) is 0 Å². The number of sulfone groups is 1. The third-order valence-electron chi connectivity index (χ3n) is 6.13. The van der Waals surface area contributed by atoms with Crippen molar-refractivity contribution in [2.45, 2.75) is 69.3 Å². The van der Waals surface area contributed by atoms with Gasteiger partial charge in [0.1, 0.15) is 12.4 Å². The second kappa shape index (κ2) is 8.61. The molecule has 32 heavy (non-hydrogen) atoms. The number of benzene rings is 1. The second-order valence-corrected chi connectivity index (χ2v) is 10.8. The Bertz CT molecular complexity index is 1070. The van der Waals surface area contributed by atoms with E-state index < -0.39 is 15.6 Å². The molecule has 1 saturated heterocycles. The Morgan fingerprint density at radius 2 is 1.84 bits per heavy atom. The van der Waals surface area contributed by atoms with Gasteiger partial charge in [-0.25, -0.2) is 13.4 Å².